The van der Waals surface area contributed by atoms with Crippen molar-refractivity contribution in [2.75, 3.05) is 0 Å². The number of ketones is 2. The highest BCUT2D eigenvalue weighted by atomic mass is 16.7. The quantitative estimate of drug-likeness (QED) is 0.341. The van der Waals surface area contributed by atoms with Gasteiger partial charge in [0, 0.05) is 18.1 Å². The summed E-state index contributed by atoms with van der Waals surface area (Å²) < 4.78 is 16.4. The maximum atomic E-state index is 13.9. The molecule has 38 heavy (non-hydrogen) atoms. The van der Waals surface area contributed by atoms with Gasteiger partial charge in [0.1, 0.15) is 12.2 Å². The molecule has 1 aliphatic heterocycles. The monoisotopic (exact) mass is 518 g/mol. The third kappa shape index (κ3) is 4.63. The van der Waals surface area contributed by atoms with Crippen LogP contribution in [0.4, 0.5) is 0 Å². The van der Waals surface area contributed by atoms with E-state index in [2.05, 4.69) is 0 Å². The first kappa shape index (κ1) is 26.9. The number of benzene rings is 3. The van der Waals surface area contributed by atoms with Gasteiger partial charge in [-0.3, -0.25) is 14.4 Å². The van der Waals surface area contributed by atoms with Crippen LogP contribution in [-0.2, 0) is 19.0 Å². The molecule has 1 heterocycles. The summed E-state index contributed by atoms with van der Waals surface area (Å²) in [7, 11) is 0. The van der Waals surface area contributed by atoms with Gasteiger partial charge in [-0.1, -0.05) is 78.9 Å². The summed E-state index contributed by atoms with van der Waals surface area (Å²) in [6.07, 6.45) is -5.31. The van der Waals surface area contributed by atoms with Gasteiger partial charge in [-0.15, -0.1) is 0 Å². The molecule has 9 nitrogen and oxygen atoms in total. The molecule has 1 fully saturated rings. The van der Waals surface area contributed by atoms with Crippen molar-refractivity contribution in [3.8, 4) is 0 Å². The van der Waals surface area contributed by atoms with E-state index in [1.807, 2.05) is 0 Å². The van der Waals surface area contributed by atoms with E-state index in [1.165, 1.54) is 67.6 Å². The van der Waals surface area contributed by atoms with Crippen molar-refractivity contribution >= 4 is 23.5 Å². The number of hydrogen-bond acceptors (Lipinski definition) is 9. The van der Waals surface area contributed by atoms with E-state index < -0.39 is 53.2 Å². The first-order valence-corrected chi connectivity index (χ1v) is 11.8. The molecule has 0 aromatic heterocycles. The van der Waals surface area contributed by atoms with Crippen molar-refractivity contribution in [2.45, 2.75) is 43.5 Å². The van der Waals surface area contributed by atoms with E-state index in [1.54, 1.807) is 30.3 Å². The van der Waals surface area contributed by atoms with Gasteiger partial charge in [-0.25, -0.2) is 4.79 Å². The topological polar surface area (TPSA) is 136 Å². The van der Waals surface area contributed by atoms with Crippen molar-refractivity contribution in [2.24, 2.45) is 0 Å². The Morgan fingerprint density at radius 3 is 1.61 bits per heavy atom. The van der Waals surface area contributed by atoms with E-state index in [9.17, 15) is 29.4 Å². The normalized spacial score (nSPS) is 25.3. The average molecular weight is 519 g/mol. The Bertz CT molecular complexity index is 1330. The second kappa shape index (κ2) is 10.7. The van der Waals surface area contributed by atoms with Crippen LogP contribution in [0.2, 0.25) is 0 Å². The number of hydrogen-bond donors (Lipinski definition) is 2. The van der Waals surface area contributed by atoms with Gasteiger partial charge < -0.3 is 24.4 Å². The molecule has 2 unspecified atom stereocenters. The Kier molecular flexibility index (Phi) is 7.54. The van der Waals surface area contributed by atoms with Crippen LogP contribution in [-0.4, -0.2) is 63.4 Å². The summed E-state index contributed by atoms with van der Waals surface area (Å²) in [4.78, 5) is 52.4. The van der Waals surface area contributed by atoms with Gasteiger partial charge in [0.15, 0.2) is 5.60 Å². The fourth-order valence-electron chi connectivity index (χ4n) is 4.52. The highest BCUT2D eigenvalue weighted by molar-refractivity contribution is 6.13. The molecule has 196 valence electrons. The smallest absolute Gasteiger partial charge is 0.338 e. The minimum atomic E-state index is -3.11. The molecule has 0 bridgehead atoms. The maximum absolute atomic E-state index is 13.9. The Hall–Kier alpha value is -4.18. The number of Topliss-reactive ketones (excluding diaryl/α,β-unsaturated/α-hetero) is 2. The second-order valence-electron chi connectivity index (χ2n) is 8.90. The molecule has 0 radical (unpaired) electrons. The summed E-state index contributed by atoms with van der Waals surface area (Å²) in [5.41, 5.74) is -6.11. The Morgan fingerprint density at radius 1 is 0.737 bits per heavy atom. The van der Waals surface area contributed by atoms with Crippen LogP contribution < -0.4 is 0 Å². The molecule has 5 atom stereocenters. The lowest BCUT2D eigenvalue weighted by molar-refractivity contribution is -0.202. The summed E-state index contributed by atoms with van der Waals surface area (Å²) in [6, 6.07) is 22.8. The fourth-order valence-corrected chi connectivity index (χ4v) is 4.52. The lowest BCUT2D eigenvalue weighted by Crippen LogP contribution is -2.69. The highest BCUT2D eigenvalue weighted by Crippen LogP contribution is 2.46. The molecule has 9 heteroatoms. The van der Waals surface area contributed by atoms with Crippen LogP contribution in [0.3, 0.4) is 0 Å². The standard InChI is InChI=1S/C29H26O9/c1-18(36-26(33)22-16-10-5-11-17-22)25-28(34,23(31)20-12-6-3-7-13-20)29(35,27(38-25)37-19(2)30)24(32)21-14-8-4-9-15-21/h3-18,25,27,34-35H,1-2H3/t18?,25-,27?,28-,29+/m1/s1. The van der Waals surface area contributed by atoms with Crippen LogP contribution in [0.5, 0.6) is 0 Å². The summed E-state index contributed by atoms with van der Waals surface area (Å²) >= 11 is 0. The molecule has 1 aliphatic rings. The van der Waals surface area contributed by atoms with Gasteiger partial charge in [-0.2, -0.15) is 0 Å². The Labute approximate surface area is 218 Å². The fraction of sp³-hybridized carbons (Fsp3) is 0.241. The van der Waals surface area contributed by atoms with Crippen LogP contribution in [0, 0.1) is 0 Å². The predicted octanol–water partition coefficient (Wildman–Crippen LogP) is 2.75. The van der Waals surface area contributed by atoms with Gasteiger partial charge >= 0.3 is 11.9 Å². The van der Waals surface area contributed by atoms with Crippen molar-refractivity contribution in [3.05, 3.63) is 108 Å². The lowest BCUT2D eigenvalue weighted by Gasteiger charge is -2.38. The van der Waals surface area contributed by atoms with E-state index in [4.69, 9.17) is 14.2 Å². The number of ether oxygens (including phenoxy) is 3. The van der Waals surface area contributed by atoms with E-state index >= 15 is 0 Å². The summed E-state index contributed by atoms with van der Waals surface area (Å²) in [6.45, 7) is 2.35. The van der Waals surface area contributed by atoms with Crippen molar-refractivity contribution in [1.82, 2.24) is 0 Å². The Balaban J connectivity index is 1.85. The van der Waals surface area contributed by atoms with Crippen molar-refractivity contribution in [3.63, 3.8) is 0 Å². The molecule has 2 N–H and O–H groups in total. The first-order valence-electron chi connectivity index (χ1n) is 11.8. The zero-order chi connectivity index (χ0) is 27.5. The van der Waals surface area contributed by atoms with Gasteiger partial charge in [0.05, 0.1) is 5.56 Å². The summed E-state index contributed by atoms with van der Waals surface area (Å²) in [5, 5.41) is 24.1. The maximum Gasteiger partial charge on any atom is 0.338 e. The second-order valence-corrected chi connectivity index (χ2v) is 8.90. The third-order valence-electron chi connectivity index (χ3n) is 6.37. The molecule has 3 aromatic rings. The zero-order valence-electron chi connectivity index (χ0n) is 20.6. The Morgan fingerprint density at radius 2 is 1.16 bits per heavy atom. The summed E-state index contributed by atoms with van der Waals surface area (Å²) in [5.74, 6) is -3.96. The van der Waals surface area contributed by atoms with Crippen molar-refractivity contribution in [1.29, 1.82) is 0 Å². The molecular weight excluding hydrogens is 492 g/mol. The van der Waals surface area contributed by atoms with Gasteiger partial charge in [0.2, 0.25) is 23.5 Å². The first-order chi connectivity index (χ1) is 18.1. The van der Waals surface area contributed by atoms with Crippen molar-refractivity contribution < 1.29 is 43.6 Å². The third-order valence-corrected chi connectivity index (χ3v) is 6.37. The molecule has 4 rings (SSSR count). The highest BCUT2D eigenvalue weighted by Gasteiger charge is 2.76. The number of aliphatic hydroxyl groups is 2. The van der Waals surface area contributed by atoms with E-state index in [0.717, 1.165) is 6.92 Å². The average Bonchev–Trinajstić information content (AvgIpc) is 3.16. The molecule has 0 saturated carbocycles. The molecule has 0 amide bonds. The number of carbonyl (C=O) groups excluding carboxylic acids is 4. The molecular formula is C29H26O9. The molecule has 0 aliphatic carbocycles. The van der Waals surface area contributed by atoms with Crippen LogP contribution in [0.25, 0.3) is 0 Å². The zero-order valence-corrected chi connectivity index (χ0v) is 20.6. The number of rotatable bonds is 8. The minimum absolute atomic E-state index is 0.0621. The van der Waals surface area contributed by atoms with Crippen LogP contribution in [0.15, 0.2) is 91.0 Å². The van der Waals surface area contributed by atoms with Crippen LogP contribution >= 0.6 is 0 Å². The molecule has 3 aromatic carbocycles. The van der Waals surface area contributed by atoms with E-state index in [0.29, 0.717) is 0 Å². The van der Waals surface area contributed by atoms with Gasteiger partial charge in [0.25, 0.3) is 0 Å². The van der Waals surface area contributed by atoms with Crippen LogP contribution in [0.1, 0.15) is 44.9 Å². The number of esters is 2. The predicted molar refractivity (Wildman–Crippen MR) is 133 cm³/mol. The number of carbonyl (C=O) groups is 4. The lowest BCUT2D eigenvalue weighted by atomic mass is 9.70. The molecule has 0 spiro atoms. The minimum Gasteiger partial charge on any atom is -0.456 e. The van der Waals surface area contributed by atoms with Gasteiger partial charge in [-0.05, 0) is 19.1 Å². The SMILES string of the molecule is CC(=O)OC1O[C@H](C(C)OC(=O)c2ccccc2)[C@](O)(C(=O)c2ccccc2)[C@]1(O)C(=O)c1ccccc1. The largest absolute Gasteiger partial charge is 0.456 e. The van der Waals surface area contributed by atoms with E-state index in [-0.39, 0.29) is 16.7 Å². The molecule has 1 saturated heterocycles.